The molecular weight excluding hydrogens is 441 g/mol. The molecular formula is C22H27ClFN3O3S. The molecule has 0 spiro atoms. The number of sulfone groups is 1. The van der Waals surface area contributed by atoms with E-state index in [4.69, 9.17) is 11.6 Å². The molecule has 1 N–H and O–H groups in total. The normalized spacial score (nSPS) is 16.2. The predicted octanol–water partition coefficient (Wildman–Crippen LogP) is 3.52. The van der Waals surface area contributed by atoms with Crippen LogP contribution in [0.5, 0.6) is 0 Å². The van der Waals surface area contributed by atoms with Gasteiger partial charge in [-0.05, 0) is 49.9 Å². The molecule has 1 atom stereocenters. The van der Waals surface area contributed by atoms with Gasteiger partial charge in [-0.2, -0.15) is 0 Å². The highest BCUT2D eigenvalue weighted by Gasteiger charge is 2.23. The van der Waals surface area contributed by atoms with Crippen LogP contribution in [0.25, 0.3) is 0 Å². The second-order valence-corrected chi connectivity index (χ2v) is 10.1. The number of likely N-dealkylation sites (N-methyl/N-ethyl adjacent to an activating group) is 1. The van der Waals surface area contributed by atoms with Crippen molar-refractivity contribution in [1.29, 1.82) is 0 Å². The van der Waals surface area contributed by atoms with Crippen molar-refractivity contribution in [2.75, 3.05) is 43.9 Å². The number of amides is 1. The molecule has 2 aromatic rings. The van der Waals surface area contributed by atoms with Gasteiger partial charge in [0, 0.05) is 49.2 Å². The lowest BCUT2D eigenvalue weighted by Gasteiger charge is -2.37. The van der Waals surface area contributed by atoms with Gasteiger partial charge in [-0.3, -0.25) is 4.79 Å². The second kappa shape index (κ2) is 9.54. The standard InChI is InChI=1S/C22H27ClFN3O3S/c1-4-26-9-11-27(12-10-26)20-8-6-17(24)14-18(20)15(2)25-22(28)16-5-7-19(23)21(13-16)31(3,29)30/h5-8,13-15H,4,9-12H2,1-3H3,(H,25,28). The predicted molar refractivity (Wildman–Crippen MR) is 121 cm³/mol. The third-order valence-corrected chi connectivity index (χ3v) is 7.14. The van der Waals surface area contributed by atoms with Crippen LogP contribution in [-0.4, -0.2) is 58.2 Å². The molecule has 6 nitrogen and oxygen atoms in total. The Hall–Kier alpha value is -2.16. The van der Waals surface area contributed by atoms with Gasteiger partial charge in [0.15, 0.2) is 9.84 Å². The summed E-state index contributed by atoms with van der Waals surface area (Å²) in [4.78, 5) is 17.3. The molecule has 1 saturated heterocycles. The molecule has 1 unspecified atom stereocenters. The Bertz CT molecular complexity index is 1070. The van der Waals surface area contributed by atoms with Crippen LogP contribution in [0.4, 0.5) is 10.1 Å². The molecule has 0 aliphatic carbocycles. The summed E-state index contributed by atoms with van der Waals surface area (Å²) in [6.45, 7) is 8.39. The van der Waals surface area contributed by atoms with Crippen LogP contribution < -0.4 is 10.2 Å². The molecule has 9 heteroatoms. The molecule has 0 bridgehead atoms. The Morgan fingerprint density at radius 1 is 1.16 bits per heavy atom. The highest BCUT2D eigenvalue weighted by Crippen LogP contribution is 2.29. The molecule has 1 amide bonds. The first-order chi connectivity index (χ1) is 14.6. The molecule has 3 rings (SSSR count). The highest BCUT2D eigenvalue weighted by molar-refractivity contribution is 7.90. The molecule has 0 saturated carbocycles. The summed E-state index contributed by atoms with van der Waals surface area (Å²) in [7, 11) is -3.58. The number of rotatable bonds is 6. The average Bonchev–Trinajstić information content (AvgIpc) is 2.73. The van der Waals surface area contributed by atoms with Crippen molar-refractivity contribution in [1.82, 2.24) is 10.2 Å². The van der Waals surface area contributed by atoms with Crippen molar-refractivity contribution in [2.45, 2.75) is 24.8 Å². The molecule has 1 heterocycles. The first-order valence-corrected chi connectivity index (χ1v) is 12.4. The Kier molecular flexibility index (Phi) is 7.24. The Morgan fingerprint density at radius 2 is 1.84 bits per heavy atom. The number of piperazine rings is 1. The fourth-order valence-corrected chi connectivity index (χ4v) is 5.05. The van der Waals surface area contributed by atoms with E-state index in [1.165, 1.54) is 30.3 Å². The lowest BCUT2D eigenvalue weighted by molar-refractivity contribution is 0.0939. The van der Waals surface area contributed by atoms with Gasteiger partial charge in [0.25, 0.3) is 5.91 Å². The summed E-state index contributed by atoms with van der Waals surface area (Å²) in [5, 5.41) is 2.92. The number of nitrogens with one attached hydrogen (secondary N) is 1. The minimum atomic E-state index is -3.58. The van der Waals surface area contributed by atoms with Crippen molar-refractivity contribution in [3.63, 3.8) is 0 Å². The first kappa shape index (κ1) is 23.5. The van der Waals surface area contributed by atoms with E-state index in [0.29, 0.717) is 5.56 Å². The summed E-state index contributed by atoms with van der Waals surface area (Å²) >= 11 is 5.97. The number of carbonyl (C=O) groups excluding carboxylic acids is 1. The first-order valence-electron chi connectivity index (χ1n) is 10.2. The minimum absolute atomic E-state index is 0.0609. The Labute approximate surface area is 187 Å². The van der Waals surface area contributed by atoms with Crippen molar-refractivity contribution >= 4 is 33.0 Å². The Morgan fingerprint density at radius 3 is 2.45 bits per heavy atom. The number of anilines is 1. The van der Waals surface area contributed by atoms with Gasteiger partial charge >= 0.3 is 0 Å². The van der Waals surface area contributed by atoms with E-state index in [1.807, 2.05) is 0 Å². The molecule has 1 aliphatic heterocycles. The van der Waals surface area contributed by atoms with Crippen molar-refractivity contribution in [2.24, 2.45) is 0 Å². The number of nitrogens with zero attached hydrogens (tertiary/aromatic N) is 2. The molecule has 31 heavy (non-hydrogen) atoms. The topological polar surface area (TPSA) is 69.7 Å². The van der Waals surface area contributed by atoms with E-state index in [-0.39, 0.29) is 21.3 Å². The van der Waals surface area contributed by atoms with Crippen LogP contribution in [0.2, 0.25) is 5.02 Å². The quantitative estimate of drug-likeness (QED) is 0.704. The van der Waals surface area contributed by atoms with Crippen molar-refractivity contribution in [3.05, 3.63) is 58.4 Å². The van der Waals surface area contributed by atoms with E-state index in [9.17, 15) is 17.6 Å². The minimum Gasteiger partial charge on any atom is -0.369 e. The number of carbonyl (C=O) groups is 1. The van der Waals surface area contributed by atoms with E-state index in [0.717, 1.165) is 44.7 Å². The van der Waals surface area contributed by atoms with E-state index >= 15 is 0 Å². The third-order valence-electron chi connectivity index (χ3n) is 5.56. The number of halogens is 2. The fourth-order valence-electron chi connectivity index (χ4n) is 3.75. The zero-order valence-corrected chi connectivity index (χ0v) is 19.4. The van der Waals surface area contributed by atoms with Crippen molar-refractivity contribution in [3.8, 4) is 0 Å². The average molecular weight is 468 g/mol. The highest BCUT2D eigenvalue weighted by atomic mass is 35.5. The van der Waals surface area contributed by atoms with E-state index in [2.05, 4.69) is 22.0 Å². The molecule has 168 valence electrons. The van der Waals surface area contributed by atoms with Crippen molar-refractivity contribution < 1.29 is 17.6 Å². The smallest absolute Gasteiger partial charge is 0.251 e. The summed E-state index contributed by atoms with van der Waals surface area (Å²) in [5.74, 6) is -0.835. The summed E-state index contributed by atoms with van der Waals surface area (Å²) in [5.41, 5.74) is 1.74. The maximum Gasteiger partial charge on any atom is 0.251 e. The van der Waals surface area contributed by atoms with Crippen LogP contribution in [0.1, 0.15) is 35.8 Å². The largest absolute Gasteiger partial charge is 0.369 e. The molecule has 0 aromatic heterocycles. The molecule has 2 aromatic carbocycles. The summed E-state index contributed by atoms with van der Waals surface area (Å²) in [6.07, 6.45) is 1.04. The van der Waals surface area contributed by atoms with Gasteiger partial charge < -0.3 is 15.1 Å². The van der Waals surface area contributed by atoms with Gasteiger partial charge in [0.2, 0.25) is 0 Å². The van der Waals surface area contributed by atoms with Crippen LogP contribution in [0, 0.1) is 5.82 Å². The zero-order chi connectivity index (χ0) is 22.8. The fraction of sp³-hybridized carbons (Fsp3) is 0.409. The number of hydrogen-bond acceptors (Lipinski definition) is 5. The Balaban J connectivity index is 1.83. The summed E-state index contributed by atoms with van der Waals surface area (Å²) < 4.78 is 37.9. The number of hydrogen-bond donors (Lipinski definition) is 1. The molecule has 0 radical (unpaired) electrons. The zero-order valence-electron chi connectivity index (χ0n) is 17.9. The van der Waals surface area contributed by atoms with E-state index in [1.54, 1.807) is 13.0 Å². The van der Waals surface area contributed by atoms with Crippen LogP contribution >= 0.6 is 11.6 Å². The van der Waals surface area contributed by atoms with Gasteiger partial charge in [-0.15, -0.1) is 0 Å². The maximum atomic E-state index is 14.1. The second-order valence-electron chi connectivity index (χ2n) is 7.74. The lowest BCUT2D eigenvalue weighted by atomic mass is 10.0. The van der Waals surface area contributed by atoms with Gasteiger partial charge in [-0.1, -0.05) is 18.5 Å². The third kappa shape index (κ3) is 5.56. The van der Waals surface area contributed by atoms with E-state index < -0.39 is 21.8 Å². The lowest BCUT2D eigenvalue weighted by Crippen LogP contribution is -2.46. The van der Waals surface area contributed by atoms with Gasteiger partial charge in [-0.25, -0.2) is 12.8 Å². The molecule has 1 fully saturated rings. The maximum absolute atomic E-state index is 14.1. The van der Waals surface area contributed by atoms with Gasteiger partial charge in [0.05, 0.1) is 16.0 Å². The summed E-state index contributed by atoms with van der Waals surface area (Å²) in [6, 6.07) is 8.25. The molecule has 1 aliphatic rings. The number of benzene rings is 2. The van der Waals surface area contributed by atoms with Crippen LogP contribution in [0.3, 0.4) is 0 Å². The SMILES string of the molecule is CCN1CCN(c2ccc(F)cc2C(C)NC(=O)c2ccc(Cl)c(S(C)(=O)=O)c2)CC1. The van der Waals surface area contributed by atoms with Gasteiger partial charge in [0.1, 0.15) is 5.82 Å². The monoisotopic (exact) mass is 467 g/mol. The van der Waals surface area contributed by atoms with Crippen LogP contribution in [0.15, 0.2) is 41.3 Å². The van der Waals surface area contributed by atoms with Crippen LogP contribution in [-0.2, 0) is 9.84 Å².